The quantitative estimate of drug-likeness (QED) is 0.840. The van der Waals surface area contributed by atoms with Crippen molar-refractivity contribution < 1.29 is 9.90 Å². The van der Waals surface area contributed by atoms with Gasteiger partial charge in [-0.05, 0) is 6.07 Å². The molecule has 2 N–H and O–H groups in total. The number of nitrogens with zero attached hydrogens (tertiary/aromatic N) is 1. The van der Waals surface area contributed by atoms with Crippen LogP contribution in [0.5, 0.6) is 0 Å². The van der Waals surface area contributed by atoms with E-state index in [1.54, 1.807) is 11.4 Å². The SMILES string of the molecule is CCc1nc(Sc2csc(C(=O)O)c2)cc(=O)[nH]1. The molecule has 0 unspecified atom stereocenters. The third-order valence-electron chi connectivity index (χ3n) is 2.11. The second kappa shape index (κ2) is 5.36. The summed E-state index contributed by atoms with van der Waals surface area (Å²) in [5.74, 6) is -0.321. The fourth-order valence-corrected chi connectivity index (χ4v) is 3.07. The van der Waals surface area contributed by atoms with Gasteiger partial charge in [0.2, 0.25) is 0 Å². The summed E-state index contributed by atoms with van der Waals surface area (Å²) in [5, 5.41) is 11.1. The van der Waals surface area contributed by atoms with Crippen LogP contribution in [-0.2, 0) is 6.42 Å². The van der Waals surface area contributed by atoms with Gasteiger partial charge in [0.15, 0.2) is 0 Å². The minimum atomic E-state index is -0.944. The number of hydrogen-bond acceptors (Lipinski definition) is 5. The summed E-state index contributed by atoms with van der Waals surface area (Å²) in [6.45, 7) is 1.90. The predicted octanol–water partition coefficient (Wildman–Crippen LogP) is 2.24. The summed E-state index contributed by atoms with van der Waals surface area (Å²) >= 11 is 2.44. The Labute approximate surface area is 111 Å². The van der Waals surface area contributed by atoms with Crippen LogP contribution >= 0.6 is 23.1 Å². The lowest BCUT2D eigenvalue weighted by atomic mass is 10.4. The van der Waals surface area contributed by atoms with E-state index < -0.39 is 5.97 Å². The lowest BCUT2D eigenvalue weighted by Crippen LogP contribution is -2.09. The third kappa shape index (κ3) is 2.99. The number of carboxylic acids is 1. The Balaban J connectivity index is 2.25. The first-order valence-corrected chi connectivity index (χ1v) is 6.88. The number of carbonyl (C=O) groups is 1. The highest BCUT2D eigenvalue weighted by Crippen LogP contribution is 2.29. The van der Waals surface area contributed by atoms with Gasteiger partial charge < -0.3 is 10.1 Å². The van der Waals surface area contributed by atoms with Crippen LogP contribution in [0, 0.1) is 0 Å². The Morgan fingerprint density at radius 1 is 1.56 bits per heavy atom. The van der Waals surface area contributed by atoms with Gasteiger partial charge in [0, 0.05) is 22.8 Å². The second-order valence-electron chi connectivity index (χ2n) is 3.44. The number of H-pyrrole nitrogens is 1. The largest absolute Gasteiger partial charge is 0.477 e. The van der Waals surface area contributed by atoms with Crippen molar-refractivity contribution in [2.24, 2.45) is 0 Å². The predicted molar refractivity (Wildman–Crippen MR) is 69.6 cm³/mol. The highest BCUT2D eigenvalue weighted by atomic mass is 32.2. The standard InChI is InChI=1S/C11H10N2O3S2/c1-2-8-12-9(14)4-10(13-8)18-6-3-7(11(15)16)17-5-6/h3-5H,2H2,1H3,(H,15,16)(H,12,13,14). The van der Waals surface area contributed by atoms with E-state index in [9.17, 15) is 9.59 Å². The van der Waals surface area contributed by atoms with Gasteiger partial charge in [-0.1, -0.05) is 18.7 Å². The van der Waals surface area contributed by atoms with Gasteiger partial charge in [-0.3, -0.25) is 4.79 Å². The molecule has 18 heavy (non-hydrogen) atoms. The number of aromatic carboxylic acids is 1. The maximum atomic E-state index is 11.4. The van der Waals surface area contributed by atoms with Crippen LogP contribution in [0.2, 0.25) is 0 Å². The highest BCUT2D eigenvalue weighted by Gasteiger charge is 2.09. The van der Waals surface area contributed by atoms with E-state index in [1.165, 1.54) is 17.8 Å². The van der Waals surface area contributed by atoms with Crippen LogP contribution in [0.4, 0.5) is 0 Å². The first kappa shape index (κ1) is 12.8. The Bertz CT molecular complexity index is 633. The van der Waals surface area contributed by atoms with Crippen LogP contribution in [0.15, 0.2) is 32.2 Å². The molecule has 0 saturated carbocycles. The molecule has 0 aliphatic heterocycles. The topological polar surface area (TPSA) is 83.0 Å². The number of carboxylic acid groups (broad SMARTS) is 1. The molecule has 0 bridgehead atoms. The van der Waals surface area contributed by atoms with Crippen molar-refractivity contribution in [2.75, 3.05) is 0 Å². The minimum absolute atomic E-state index is 0.196. The minimum Gasteiger partial charge on any atom is -0.477 e. The Hall–Kier alpha value is -1.60. The fourth-order valence-electron chi connectivity index (χ4n) is 1.31. The molecule has 2 aromatic heterocycles. The maximum absolute atomic E-state index is 11.4. The summed E-state index contributed by atoms with van der Waals surface area (Å²) < 4.78 is 0. The van der Waals surface area contributed by atoms with Gasteiger partial charge in [-0.2, -0.15) is 0 Å². The molecular weight excluding hydrogens is 272 g/mol. The van der Waals surface area contributed by atoms with Crippen molar-refractivity contribution in [1.29, 1.82) is 0 Å². The third-order valence-corrected chi connectivity index (χ3v) is 4.07. The molecule has 5 nitrogen and oxygen atoms in total. The lowest BCUT2D eigenvalue weighted by molar-refractivity contribution is 0.0702. The van der Waals surface area contributed by atoms with Crippen molar-refractivity contribution in [1.82, 2.24) is 9.97 Å². The van der Waals surface area contributed by atoms with Gasteiger partial charge in [-0.15, -0.1) is 11.3 Å². The molecule has 0 atom stereocenters. The van der Waals surface area contributed by atoms with E-state index in [2.05, 4.69) is 9.97 Å². The van der Waals surface area contributed by atoms with Crippen LogP contribution < -0.4 is 5.56 Å². The first-order chi connectivity index (χ1) is 8.58. The Kier molecular flexibility index (Phi) is 3.83. The number of hydrogen-bond donors (Lipinski definition) is 2. The van der Waals surface area contributed by atoms with Crippen LogP contribution in [0.3, 0.4) is 0 Å². The molecule has 7 heteroatoms. The van der Waals surface area contributed by atoms with Crippen molar-refractivity contribution in [3.63, 3.8) is 0 Å². The molecule has 0 fully saturated rings. The molecule has 2 heterocycles. The Morgan fingerprint density at radius 2 is 2.33 bits per heavy atom. The summed E-state index contributed by atoms with van der Waals surface area (Å²) in [4.78, 5) is 30.1. The van der Waals surface area contributed by atoms with Gasteiger partial charge in [0.05, 0.1) is 0 Å². The molecule has 94 valence electrons. The molecular formula is C11H10N2O3S2. The average molecular weight is 282 g/mol. The molecule has 0 amide bonds. The van der Waals surface area contributed by atoms with E-state index in [-0.39, 0.29) is 10.4 Å². The van der Waals surface area contributed by atoms with E-state index in [4.69, 9.17) is 5.11 Å². The zero-order valence-electron chi connectivity index (χ0n) is 9.47. The first-order valence-electron chi connectivity index (χ1n) is 5.18. The monoisotopic (exact) mass is 282 g/mol. The fraction of sp³-hybridized carbons (Fsp3) is 0.182. The van der Waals surface area contributed by atoms with Gasteiger partial charge in [-0.25, -0.2) is 9.78 Å². The van der Waals surface area contributed by atoms with Crippen LogP contribution in [-0.4, -0.2) is 21.0 Å². The van der Waals surface area contributed by atoms with E-state index in [1.807, 2.05) is 6.92 Å². The van der Waals surface area contributed by atoms with E-state index in [0.29, 0.717) is 17.3 Å². The van der Waals surface area contributed by atoms with Gasteiger partial charge >= 0.3 is 5.97 Å². The molecule has 0 radical (unpaired) electrons. The molecule has 0 spiro atoms. The van der Waals surface area contributed by atoms with Gasteiger partial charge in [0.1, 0.15) is 15.7 Å². The summed E-state index contributed by atoms with van der Waals surface area (Å²) in [6.07, 6.45) is 0.646. The van der Waals surface area contributed by atoms with Crippen molar-refractivity contribution >= 4 is 29.1 Å². The lowest BCUT2D eigenvalue weighted by Gasteiger charge is -2.00. The van der Waals surface area contributed by atoms with Crippen LogP contribution in [0.25, 0.3) is 0 Å². The normalized spacial score (nSPS) is 10.5. The number of aryl methyl sites for hydroxylation is 1. The molecule has 0 saturated heterocycles. The second-order valence-corrected chi connectivity index (χ2v) is 5.44. The van der Waals surface area contributed by atoms with E-state index >= 15 is 0 Å². The molecule has 2 aromatic rings. The maximum Gasteiger partial charge on any atom is 0.345 e. The number of nitrogens with one attached hydrogen (secondary N) is 1. The molecule has 0 aromatic carbocycles. The number of aromatic nitrogens is 2. The summed E-state index contributed by atoms with van der Waals surface area (Å²) in [5.41, 5.74) is -0.196. The number of thiophene rings is 1. The number of rotatable bonds is 4. The zero-order valence-corrected chi connectivity index (χ0v) is 11.1. The average Bonchev–Trinajstić information content (AvgIpc) is 2.76. The number of aromatic amines is 1. The molecule has 0 aliphatic rings. The zero-order chi connectivity index (χ0) is 13.1. The molecule has 0 aliphatic carbocycles. The Morgan fingerprint density at radius 3 is 2.94 bits per heavy atom. The molecule has 2 rings (SSSR count). The van der Waals surface area contributed by atoms with Crippen molar-refractivity contribution in [3.8, 4) is 0 Å². The summed E-state index contributed by atoms with van der Waals surface area (Å²) in [7, 11) is 0. The van der Waals surface area contributed by atoms with Crippen molar-refractivity contribution in [3.05, 3.63) is 38.6 Å². The van der Waals surface area contributed by atoms with E-state index in [0.717, 1.165) is 16.2 Å². The van der Waals surface area contributed by atoms with Crippen molar-refractivity contribution in [2.45, 2.75) is 23.3 Å². The highest BCUT2D eigenvalue weighted by molar-refractivity contribution is 7.99. The van der Waals surface area contributed by atoms with Gasteiger partial charge in [0.25, 0.3) is 5.56 Å². The van der Waals surface area contributed by atoms with Crippen LogP contribution in [0.1, 0.15) is 22.4 Å². The summed E-state index contributed by atoms with van der Waals surface area (Å²) in [6, 6.07) is 2.98. The smallest absolute Gasteiger partial charge is 0.345 e.